The molecule has 158 valence electrons. The van der Waals surface area contributed by atoms with Crippen molar-refractivity contribution in [3.8, 4) is 12.4 Å². The van der Waals surface area contributed by atoms with Gasteiger partial charge in [-0.05, 0) is 24.5 Å². The highest BCUT2D eigenvalue weighted by Crippen LogP contribution is 2.45. The largest absolute Gasteiger partial charge is 0.288 e. The Labute approximate surface area is 188 Å². The van der Waals surface area contributed by atoms with Crippen LogP contribution in [0.3, 0.4) is 0 Å². The third-order valence-corrected chi connectivity index (χ3v) is 6.60. The third kappa shape index (κ3) is 2.26. The second kappa shape index (κ2) is 6.69. The number of nitrogens with one attached hydrogen (secondary N) is 1. The van der Waals surface area contributed by atoms with Gasteiger partial charge in [0, 0.05) is 21.5 Å². The van der Waals surface area contributed by atoms with Gasteiger partial charge in [0.05, 0.1) is 33.2 Å². The number of hydrogen-bond donors (Lipinski definition) is 1. The average Bonchev–Trinajstić information content (AvgIpc) is 3.44. The van der Waals surface area contributed by atoms with Crippen LogP contribution in [0.25, 0.3) is 43.6 Å². The number of rotatable bonds is 3. The van der Waals surface area contributed by atoms with Crippen molar-refractivity contribution in [2.75, 3.05) is 0 Å². The summed E-state index contributed by atoms with van der Waals surface area (Å²) in [5, 5.41) is 25.3. The molecule has 7 nitrogen and oxygen atoms in total. The summed E-state index contributed by atoms with van der Waals surface area (Å²) in [5.41, 5.74) is 3.83. The number of carbonyl (C=O) groups excluding carboxylic acids is 2. The number of aromatic nitrogens is 2. The Hall–Kier alpha value is -4.62. The predicted molar refractivity (Wildman–Crippen MR) is 125 cm³/mol. The maximum Gasteiger partial charge on any atom is 0.259 e. The molecule has 1 aliphatic rings. The van der Waals surface area contributed by atoms with E-state index < -0.39 is 11.8 Å². The van der Waals surface area contributed by atoms with E-state index in [0.717, 1.165) is 35.7 Å². The smallest absolute Gasteiger partial charge is 0.259 e. The van der Waals surface area contributed by atoms with Crippen molar-refractivity contribution >= 4 is 55.4 Å². The van der Waals surface area contributed by atoms with Gasteiger partial charge >= 0.3 is 0 Å². The third-order valence-electron chi connectivity index (χ3n) is 6.60. The van der Waals surface area contributed by atoms with Crippen LogP contribution in [0.1, 0.15) is 46.0 Å². The van der Waals surface area contributed by atoms with Gasteiger partial charge in [-0.15, -0.1) is 0 Å². The maximum absolute atomic E-state index is 13.0. The fraction of sp³-hybridized carbons (Fsp3) is 0.154. The van der Waals surface area contributed by atoms with Crippen molar-refractivity contribution in [3.63, 3.8) is 0 Å². The van der Waals surface area contributed by atoms with E-state index in [1.54, 1.807) is 6.07 Å². The lowest BCUT2D eigenvalue weighted by molar-refractivity contribution is 0.0880. The number of fused-ring (bicyclic) bond motifs is 10. The molecule has 7 heteroatoms. The number of nitrogens with zero attached hydrogens (tertiary/aromatic N) is 4. The Morgan fingerprint density at radius 2 is 1.45 bits per heavy atom. The molecule has 0 fully saturated rings. The lowest BCUT2D eigenvalue weighted by atomic mass is 9.96. The van der Waals surface area contributed by atoms with Gasteiger partial charge in [-0.2, -0.15) is 10.5 Å². The number of imide groups is 1. The molecule has 0 saturated heterocycles. The first kappa shape index (κ1) is 19.1. The van der Waals surface area contributed by atoms with Crippen molar-refractivity contribution in [2.45, 2.75) is 26.2 Å². The Morgan fingerprint density at radius 3 is 2.15 bits per heavy atom. The number of benzene rings is 3. The Kier molecular flexibility index (Phi) is 3.87. The average molecular weight is 431 g/mol. The first-order valence-corrected chi connectivity index (χ1v) is 10.8. The summed E-state index contributed by atoms with van der Waals surface area (Å²) in [4.78, 5) is 26.0. The highest BCUT2D eigenvalue weighted by atomic mass is 16.2. The van der Waals surface area contributed by atoms with Crippen LogP contribution in [0.15, 0.2) is 42.5 Å². The Bertz CT molecular complexity index is 1790. The van der Waals surface area contributed by atoms with Gasteiger partial charge in [-0.1, -0.05) is 49.7 Å². The van der Waals surface area contributed by atoms with E-state index in [2.05, 4.69) is 24.6 Å². The van der Waals surface area contributed by atoms with Crippen LogP contribution >= 0.6 is 0 Å². The molecule has 6 rings (SSSR count). The van der Waals surface area contributed by atoms with Crippen LogP contribution in [0.2, 0.25) is 0 Å². The van der Waals surface area contributed by atoms with E-state index in [1.165, 1.54) is 9.13 Å². The number of amides is 2. The molecule has 0 bridgehead atoms. The highest BCUT2D eigenvalue weighted by molar-refractivity contribution is 6.39. The molecule has 1 aliphatic heterocycles. The maximum atomic E-state index is 13.0. The van der Waals surface area contributed by atoms with Gasteiger partial charge in [-0.3, -0.25) is 14.9 Å². The van der Waals surface area contributed by atoms with Gasteiger partial charge in [0.1, 0.15) is 0 Å². The minimum Gasteiger partial charge on any atom is -0.288 e. The molecule has 0 radical (unpaired) electrons. The topological polar surface area (TPSA) is 104 Å². The summed E-state index contributed by atoms with van der Waals surface area (Å²) in [5.74, 6) is -0.964. The molecule has 2 aromatic heterocycles. The van der Waals surface area contributed by atoms with Crippen LogP contribution < -0.4 is 5.32 Å². The fourth-order valence-electron chi connectivity index (χ4n) is 5.31. The number of nitriles is 2. The Morgan fingerprint density at radius 1 is 0.818 bits per heavy atom. The van der Waals surface area contributed by atoms with Crippen LogP contribution in [0.4, 0.5) is 0 Å². The monoisotopic (exact) mass is 431 g/mol. The normalized spacial score (nSPS) is 13.1. The molecule has 0 atom stereocenters. The quantitative estimate of drug-likeness (QED) is 0.415. The van der Waals surface area contributed by atoms with Crippen LogP contribution in [0, 0.1) is 22.9 Å². The zero-order valence-electron chi connectivity index (χ0n) is 17.8. The molecule has 3 heterocycles. The van der Waals surface area contributed by atoms with Gasteiger partial charge in [0.25, 0.3) is 11.8 Å². The minimum atomic E-state index is -0.484. The molecule has 0 spiro atoms. The molecule has 0 saturated carbocycles. The second-order valence-electron chi connectivity index (χ2n) is 8.29. The van der Waals surface area contributed by atoms with Crippen LogP contribution in [-0.4, -0.2) is 20.9 Å². The highest BCUT2D eigenvalue weighted by Gasteiger charge is 2.37. The number of carbonyl (C=O) groups is 2. The summed E-state index contributed by atoms with van der Waals surface area (Å²) < 4.78 is 2.99. The fourth-order valence-corrected chi connectivity index (χ4v) is 5.31. The first-order chi connectivity index (χ1) is 16.1. The van der Waals surface area contributed by atoms with Crippen molar-refractivity contribution < 1.29 is 9.59 Å². The molecule has 2 amide bonds. The zero-order valence-corrected chi connectivity index (χ0v) is 17.8. The summed E-state index contributed by atoms with van der Waals surface area (Å²) in [7, 11) is 0. The number of hydrogen-bond acceptors (Lipinski definition) is 4. The van der Waals surface area contributed by atoms with Crippen LogP contribution in [-0.2, 0) is 6.42 Å². The van der Waals surface area contributed by atoms with Gasteiger partial charge in [-0.25, -0.2) is 9.13 Å². The lowest BCUT2D eigenvalue weighted by Crippen LogP contribution is -2.20. The number of para-hydroxylation sites is 2. The van der Waals surface area contributed by atoms with Crippen molar-refractivity contribution in [1.82, 2.24) is 14.5 Å². The number of unbranched alkanes of at least 4 members (excludes halogenated alkanes) is 1. The van der Waals surface area contributed by atoms with Gasteiger partial charge in [0.2, 0.25) is 0 Å². The number of aryl methyl sites for hydroxylation is 1. The van der Waals surface area contributed by atoms with Gasteiger partial charge in [0.15, 0.2) is 12.4 Å². The SMILES string of the molecule is CCCCc1cccc2c3c4c(c5c6ccccc6n(C#N)c5c3n(C#N)c12)C(=O)NC4=O. The zero-order chi connectivity index (χ0) is 22.9. The standard InChI is InChI=1S/C26H17N5O2/c1-2-3-7-14-8-6-10-16-19-21-20(25(32)29-26(21)33)18-15-9-4-5-11-17(15)30(12-27)23(18)24(19)31(13-28)22(14)16/h4-6,8-11H,2-3,7H2,1H3,(H,29,32,33). The van der Waals surface area contributed by atoms with E-state index in [-0.39, 0.29) is 11.1 Å². The van der Waals surface area contributed by atoms with Crippen molar-refractivity contribution in [1.29, 1.82) is 10.5 Å². The molecule has 33 heavy (non-hydrogen) atoms. The second-order valence-corrected chi connectivity index (χ2v) is 8.29. The van der Waals surface area contributed by atoms with E-state index in [4.69, 9.17) is 0 Å². The molecule has 3 aromatic carbocycles. The molecule has 0 unspecified atom stereocenters. The summed E-state index contributed by atoms with van der Waals surface area (Å²) in [6, 6.07) is 13.1. The first-order valence-electron chi connectivity index (χ1n) is 10.8. The summed E-state index contributed by atoms with van der Waals surface area (Å²) in [6.07, 6.45) is 7.26. The van der Waals surface area contributed by atoms with Crippen molar-refractivity contribution in [2.24, 2.45) is 0 Å². The molecule has 0 aliphatic carbocycles. The van der Waals surface area contributed by atoms with Crippen LogP contribution in [0.5, 0.6) is 0 Å². The molecule has 1 N–H and O–H groups in total. The van der Waals surface area contributed by atoms with E-state index >= 15 is 0 Å². The molecular formula is C26H17N5O2. The summed E-state index contributed by atoms with van der Waals surface area (Å²) >= 11 is 0. The minimum absolute atomic E-state index is 0.267. The molecular weight excluding hydrogens is 414 g/mol. The van der Waals surface area contributed by atoms with E-state index in [9.17, 15) is 20.1 Å². The van der Waals surface area contributed by atoms with E-state index in [0.29, 0.717) is 32.7 Å². The van der Waals surface area contributed by atoms with Crippen molar-refractivity contribution in [3.05, 3.63) is 59.2 Å². The predicted octanol–water partition coefficient (Wildman–Crippen LogP) is 4.79. The molecule has 5 aromatic rings. The summed E-state index contributed by atoms with van der Waals surface area (Å²) in [6.45, 7) is 2.11. The Balaban J connectivity index is 2.00. The lowest BCUT2D eigenvalue weighted by Gasteiger charge is -2.05. The van der Waals surface area contributed by atoms with Gasteiger partial charge < -0.3 is 0 Å². The van der Waals surface area contributed by atoms with E-state index in [1.807, 2.05) is 36.4 Å².